The average molecular weight is 310 g/mol. The Hall–Kier alpha value is -1.39. The highest BCUT2D eigenvalue weighted by atomic mass is 35.5. The first kappa shape index (κ1) is 16.0. The van der Waals surface area contributed by atoms with Gasteiger partial charge in [0.2, 0.25) is 5.91 Å². The van der Waals surface area contributed by atoms with E-state index in [2.05, 4.69) is 0 Å². The fourth-order valence-electron chi connectivity index (χ4n) is 2.57. The monoisotopic (exact) mass is 309 g/mol. The molecule has 1 saturated heterocycles. The topological polar surface area (TPSA) is 57.6 Å². The van der Waals surface area contributed by atoms with Crippen molar-refractivity contribution in [3.8, 4) is 0 Å². The smallest absolute Gasteiger partial charge is 0.223 e. The molecule has 1 aliphatic heterocycles. The van der Waals surface area contributed by atoms with Crippen molar-refractivity contribution in [1.82, 2.24) is 4.90 Å². The predicted molar refractivity (Wildman–Crippen MR) is 81.4 cm³/mol. The van der Waals surface area contributed by atoms with Gasteiger partial charge in [0, 0.05) is 42.4 Å². The fourth-order valence-corrected chi connectivity index (χ4v) is 2.69. The van der Waals surface area contributed by atoms with Crippen LogP contribution in [0.25, 0.3) is 0 Å². The van der Waals surface area contributed by atoms with Crippen molar-refractivity contribution in [3.63, 3.8) is 0 Å². The number of benzene rings is 1. The van der Waals surface area contributed by atoms with Gasteiger partial charge in [-0.05, 0) is 37.6 Å². The van der Waals surface area contributed by atoms with E-state index in [4.69, 9.17) is 11.6 Å². The number of ketones is 1. The number of halogens is 1. The number of Topliss-reactive ketones (excluding diaryl/α,β-unsaturated/α-hetero) is 1. The molecule has 0 saturated carbocycles. The first-order valence-corrected chi connectivity index (χ1v) is 7.60. The van der Waals surface area contributed by atoms with E-state index in [1.165, 1.54) is 0 Å². The number of rotatable bonds is 5. The molecule has 2 atom stereocenters. The van der Waals surface area contributed by atoms with Crippen molar-refractivity contribution >= 4 is 23.3 Å². The molecule has 0 aromatic heterocycles. The molecule has 0 spiro atoms. The highest BCUT2D eigenvalue weighted by Gasteiger charge is 2.28. The van der Waals surface area contributed by atoms with E-state index < -0.39 is 6.10 Å². The summed E-state index contributed by atoms with van der Waals surface area (Å²) in [6.45, 7) is 3.01. The SMILES string of the molecule is CC(O)C1CCN(C(=O)CCC(=O)c2ccc(Cl)cc2)C1. The summed E-state index contributed by atoms with van der Waals surface area (Å²) in [4.78, 5) is 25.8. The summed E-state index contributed by atoms with van der Waals surface area (Å²) < 4.78 is 0. The minimum atomic E-state index is -0.390. The number of nitrogens with zero attached hydrogens (tertiary/aromatic N) is 1. The lowest BCUT2D eigenvalue weighted by molar-refractivity contribution is -0.130. The van der Waals surface area contributed by atoms with Crippen LogP contribution in [0, 0.1) is 5.92 Å². The first-order chi connectivity index (χ1) is 9.97. The van der Waals surface area contributed by atoms with Crippen LogP contribution in [0.15, 0.2) is 24.3 Å². The Morgan fingerprint density at radius 1 is 1.33 bits per heavy atom. The molecule has 0 radical (unpaired) electrons. The van der Waals surface area contributed by atoms with Crippen LogP contribution in [0.5, 0.6) is 0 Å². The summed E-state index contributed by atoms with van der Waals surface area (Å²) in [5.74, 6) is 0.0904. The number of carbonyl (C=O) groups is 2. The van der Waals surface area contributed by atoms with Gasteiger partial charge in [-0.25, -0.2) is 0 Å². The van der Waals surface area contributed by atoms with Crippen LogP contribution >= 0.6 is 11.6 Å². The molecule has 0 aliphatic carbocycles. The molecule has 21 heavy (non-hydrogen) atoms. The zero-order valence-corrected chi connectivity index (χ0v) is 12.8. The van der Waals surface area contributed by atoms with E-state index in [-0.39, 0.29) is 30.4 Å². The van der Waals surface area contributed by atoms with Crippen LogP contribution in [-0.2, 0) is 4.79 Å². The van der Waals surface area contributed by atoms with E-state index in [1.807, 2.05) is 0 Å². The second-order valence-electron chi connectivity index (χ2n) is 5.56. The maximum atomic E-state index is 12.1. The molecule has 1 aromatic rings. The normalized spacial score (nSPS) is 19.6. The van der Waals surface area contributed by atoms with Crippen LogP contribution < -0.4 is 0 Å². The molecule has 114 valence electrons. The van der Waals surface area contributed by atoms with Gasteiger partial charge in [-0.1, -0.05) is 11.6 Å². The summed E-state index contributed by atoms with van der Waals surface area (Å²) >= 11 is 5.78. The van der Waals surface area contributed by atoms with Crippen molar-refractivity contribution in [2.24, 2.45) is 5.92 Å². The minimum absolute atomic E-state index is 0.0135. The van der Waals surface area contributed by atoms with E-state index >= 15 is 0 Å². The van der Waals surface area contributed by atoms with Gasteiger partial charge < -0.3 is 10.0 Å². The quantitative estimate of drug-likeness (QED) is 0.850. The number of amides is 1. The lowest BCUT2D eigenvalue weighted by atomic mass is 10.0. The van der Waals surface area contributed by atoms with Gasteiger partial charge in [-0.2, -0.15) is 0 Å². The molecular weight excluding hydrogens is 290 g/mol. The molecule has 0 bridgehead atoms. The molecule has 5 heteroatoms. The average Bonchev–Trinajstić information content (AvgIpc) is 2.95. The Kier molecular flexibility index (Phi) is 5.37. The summed E-state index contributed by atoms with van der Waals surface area (Å²) in [6, 6.07) is 6.69. The molecule has 1 aromatic carbocycles. The zero-order valence-electron chi connectivity index (χ0n) is 12.1. The fraction of sp³-hybridized carbons (Fsp3) is 0.500. The van der Waals surface area contributed by atoms with Crippen molar-refractivity contribution in [3.05, 3.63) is 34.9 Å². The third kappa shape index (κ3) is 4.29. The summed E-state index contributed by atoms with van der Waals surface area (Å²) in [5.41, 5.74) is 0.579. The van der Waals surface area contributed by atoms with E-state index in [0.29, 0.717) is 23.7 Å². The molecule has 1 heterocycles. The third-order valence-electron chi connectivity index (χ3n) is 3.99. The number of aliphatic hydroxyl groups excluding tert-OH is 1. The number of aliphatic hydroxyl groups is 1. The molecule has 1 N–H and O–H groups in total. The predicted octanol–water partition coefficient (Wildman–Crippen LogP) is 2.53. The lowest BCUT2D eigenvalue weighted by Gasteiger charge is -2.17. The zero-order chi connectivity index (χ0) is 15.4. The third-order valence-corrected chi connectivity index (χ3v) is 4.24. The van der Waals surface area contributed by atoms with Crippen molar-refractivity contribution < 1.29 is 14.7 Å². The molecule has 4 nitrogen and oxygen atoms in total. The Labute approximate surface area is 129 Å². The van der Waals surface area contributed by atoms with Crippen LogP contribution in [-0.4, -0.2) is 40.9 Å². The Morgan fingerprint density at radius 2 is 2.00 bits per heavy atom. The maximum absolute atomic E-state index is 12.1. The first-order valence-electron chi connectivity index (χ1n) is 7.22. The van der Waals surface area contributed by atoms with E-state index in [9.17, 15) is 14.7 Å². The van der Waals surface area contributed by atoms with Crippen molar-refractivity contribution in [2.75, 3.05) is 13.1 Å². The minimum Gasteiger partial charge on any atom is -0.393 e. The highest BCUT2D eigenvalue weighted by molar-refractivity contribution is 6.30. The van der Waals surface area contributed by atoms with Crippen molar-refractivity contribution in [2.45, 2.75) is 32.3 Å². The standard InChI is InChI=1S/C16H20ClNO3/c1-11(19)13-8-9-18(10-13)16(21)7-6-15(20)12-2-4-14(17)5-3-12/h2-5,11,13,19H,6-10H2,1H3. The van der Waals surface area contributed by atoms with Crippen LogP contribution in [0.1, 0.15) is 36.5 Å². The molecule has 1 fully saturated rings. The van der Waals surface area contributed by atoms with Crippen LogP contribution in [0.2, 0.25) is 5.02 Å². The number of hydrogen-bond acceptors (Lipinski definition) is 3. The van der Waals surface area contributed by atoms with Gasteiger partial charge in [-0.3, -0.25) is 9.59 Å². The number of likely N-dealkylation sites (tertiary alicyclic amines) is 1. The molecule has 2 rings (SSSR count). The largest absolute Gasteiger partial charge is 0.393 e. The Balaban J connectivity index is 1.81. The maximum Gasteiger partial charge on any atom is 0.223 e. The van der Waals surface area contributed by atoms with E-state index in [1.54, 1.807) is 36.1 Å². The van der Waals surface area contributed by atoms with E-state index in [0.717, 1.165) is 6.42 Å². The summed E-state index contributed by atoms with van der Waals surface area (Å²) in [5, 5.41) is 10.1. The van der Waals surface area contributed by atoms with Crippen LogP contribution in [0.3, 0.4) is 0 Å². The van der Waals surface area contributed by atoms with Gasteiger partial charge in [0.1, 0.15) is 0 Å². The van der Waals surface area contributed by atoms with Crippen LogP contribution in [0.4, 0.5) is 0 Å². The molecule has 1 amide bonds. The summed E-state index contributed by atoms with van der Waals surface area (Å²) in [7, 11) is 0. The summed E-state index contributed by atoms with van der Waals surface area (Å²) in [6.07, 6.45) is 0.859. The van der Waals surface area contributed by atoms with Gasteiger partial charge >= 0.3 is 0 Å². The highest BCUT2D eigenvalue weighted by Crippen LogP contribution is 2.21. The molecule has 2 unspecified atom stereocenters. The lowest BCUT2D eigenvalue weighted by Crippen LogP contribution is -2.30. The Morgan fingerprint density at radius 3 is 2.57 bits per heavy atom. The second-order valence-corrected chi connectivity index (χ2v) is 6.00. The molecular formula is C16H20ClNO3. The van der Waals surface area contributed by atoms with Crippen molar-refractivity contribution in [1.29, 1.82) is 0 Å². The van der Waals surface area contributed by atoms with Gasteiger partial charge in [0.15, 0.2) is 5.78 Å². The number of hydrogen-bond donors (Lipinski definition) is 1. The van der Waals surface area contributed by atoms with Gasteiger partial charge in [0.05, 0.1) is 6.10 Å². The Bertz CT molecular complexity index is 513. The second kappa shape index (κ2) is 7.05. The van der Waals surface area contributed by atoms with Gasteiger partial charge in [-0.15, -0.1) is 0 Å². The molecule has 1 aliphatic rings. The number of carbonyl (C=O) groups excluding carboxylic acids is 2. The van der Waals surface area contributed by atoms with Gasteiger partial charge in [0.25, 0.3) is 0 Å².